The maximum atomic E-state index is 5.73. The number of hydrogen-bond donors (Lipinski definition) is 1. The van der Waals surface area contributed by atoms with Crippen LogP contribution in [-0.4, -0.2) is 15.0 Å². The molecule has 4 nitrogen and oxygen atoms in total. The Bertz CT molecular complexity index is 462. The molecule has 0 saturated carbocycles. The summed E-state index contributed by atoms with van der Waals surface area (Å²) in [6, 6.07) is 8.11. The van der Waals surface area contributed by atoms with E-state index in [4.69, 9.17) is 5.73 Å². The van der Waals surface area contributed by atoms with Crippen LogP contribution in [0.3, 0.4) is 0 Å². The first-order chi connectivity index (χ1) is 7.86. The second-order valence-corrected chi connectivity index (χ2v) is 3.70. The van der Waals surface area contributed by atoms with Crippen molar-refractivity contribution in [2.45, 2.75) is 26.4 Å². The Labute approximate surface area is 95.1 Å². The number of nitrogens with two attached hydrogens (primary N) is 1. The summed E-state index contributed by atoms with van der Waals surface area (Å²) in [5.41, 5.74) is 9.03. The van der Waals surface area contributed by atoms with Gasteiger partial charge in [-0.1, -0.05) is 36.4 Å². The quantitative estimate of drug-likeness (QED) is 0.848. The third-order valence-corrected chi connectivity index (χ3v) is 2.57. The van der Waals surface area contributed by atoms with Crippen molar-refractivity contribution < 1.29 is 0 Å². The van der Waals surface area contributed by atoms with Crippen LogP contribution in [0, 0.1) is 0 Å². The highest BCUT2D eigenvalue weighted by Gasteiger charge is 2.09. The maximum absolute atomic E-state index is 5.73. The van der Waals surface area contributed by atoms with Crippen LogP contribution in [0.1, 0.15) is 18.9 Å². The molecule has 0 amide bonds. The number of benzene rings is 1. The molecule has 1 aromatic heterocycles. The predicted molar refractivity (Wildman–Crippen MR) is 63.6 cm³/mol. The Morgan fingerprint density at radius 1 is 1.31 bits per heavy atom. The van der Waals surface area contributed by atoms with Crippen LogP contribution in [0.5, 0.6) is 0 Å². The Morgan fingerprint density at radius 2 is 2.12 bits per heavy atom. The number of aromatic nitrogens is 3. The van der Waals surface area contributed by atoms with E-state index in [2.05, 4.69) is 23.3 Å². The van der Waals surface area contributed by atoms with Gasteiger partial charge in [-0.15, -0.1) is 5.10 Å². The molecule has 1 heterocycles. The van der Waals surface area contributed by atoms with Gasteiger partial charge >= 0.3 is 0 Å². The summed E-state index contributed by atoms with van der Waals surface area (Å²) >= 11 is 0. The van der Waals surface area contributed by atoms with E-state index in [0.29, 0.717) is 6.54 Å². The van der Waals surface area contributed by atoms with E-state index in [-0.39, 0.29) is 0 Å². The molecule has 0 aliphatic rings. The Hall–Kier alpha value is -1.68. The average Bonchev–Trinajstić information content (AvgIpc) is 2.77. The molecule has 1 aromatic carbocycles. The highest BCUT2D eigenvalue weighted by Crippen LogP contribution is 2.22. The van der Waals surface area contributed by atoms with Crippen LogP contribution < -0.4 is 5.73 Å². The van der Waals surface area contributed by atoms with Crippen molar-refractivity contribution in [2.75, 3.05) is 0 Å². The van der Waals surface area contributed by atoms with Crippen LogP contribution in [-0.2, 0) is 13.1 Å². The van der Waals surface area contributed by atoms with Crippen molar-refractivity contribution in [1.29, 1.82) is 0 Å². The van der Waals surface area contributed by atoms with Crippen LogP contribution in [0.4, 0.5) is 0 Å². The fourth-order valence-corrected chi connectivity index (χ4v) is 1.79. The molecule has 0 saturated heterocycles. The molecule has 0 unspecified atom stereocenters. The second-order valence-electron chi connectivity index (χ2n) is 3.70. The highest BCUT2D eigenvalue weighted by atomic mass is 15.4. The van der Waals surface area contributed by atoms with E-state index >= 15 is 0 Å². The first-order valence-electron chi connectivity index (χ1n) is 5.53. The van der Waals surface area contributed by atoms with Crippen molar-refractivity contribution in [3.63, 3.8) is 0 Å². The molecule has 0 bridgehead atoms. The first-order valence-corrected chi connectivity index (χ1v) is 5.53. The lowest BCUT2D eigenvalue weighted by atomic mass is 10.1. The summed E-state index contributed by atoms with van der Waals surface area (Å²) in [5, 5.41) is 8.05. The van der Waals surface area contributed by atoms with Crippen molar-refractivity contribution in [1.82, 2.24) is 15.0 Å². The van der Waals surface area contributed by atoms with Crippen LogP contribution in [0.2, 0.25) is 0 Å². The maximum Gasteiger partial charge on any atom is 0.0888 e. The lowest BCUT2D eigenvalue weighted by Crippen LogP contribution is -2.04. The van der Waals surface area contributed by atoms with Gasteiger partial charge in [-0.3, -0.25) is 0 Å². The predicted octanol–water partition coefficient (Wildman–Crippen LogP) is 1.81. The van der Waals surface area contributed by atoms with E-state index in [1.807, 2.05) is 22.9 Å². The van der Waals surface area contributed by atoms with Crippen molar-refractivity contribution in [2.24, 2.45) is 5.73 Å². The molecule has 84 valence electrons. The molecule has 0 fully saturated rings. The fraction of sp³-hybridized carbons (Fsp3) is 0.333. The first kappa shape index (κ1) is 10.8. The lowest BCUT2D eigenvalue weighted by Gasteiger charge is -2.08. The van der Waals surface area contributed by atoms with Gasteiger partial charge < -0.3 is 5.73 Å². The number of aryl methyl sites for hydroxylation is 1. The van der Waals surface area contributed by atoms with E-state index < -0.39 is 0 Å². The smallest absolute Gasteiger partial charge is 0.0888 e. The van der Waals surface area contributed by atoms with E-state index in [0.717, 1.165) is 29.8 Å². The topological polar surface area (TPSA) is 56.7 Å². The largest absolute Gasteiger partial charge is 0.326 e. The minimum atomic E-state index is 0.535. The zero-order valence-electron chi connectivity index (χ0n) is 9.43. The molecular weight excluding hydrogens is 200 g/mol. The normalized spacial score (nSPS) is 10.6. The van der Waals surface area contributed by atoms with Gasteiger partial charge in [-0.25, -0.2) is 4.68 Å². The van der Waals surface area contributed by atoms with Crippen LogP contribution >= 0.6 is 0 Å². The standard InChI is InChI=1S/C12H16N4/c1-2-7-16-12(9-14-15-16)11-6-4-3-5-10(11)8-13/h3-6,9H,2,7-8,13H2,1H3. The molecule has 4 heteroatoms. The van der Waals surface area contributed by atoms with E-state index in [9.17, 15) is 0 Å². The lowest BCUT2D eigenvalue weighted by molar-refractivity contribution is 0.584. The summed E-state index contributed by atoms with van der Waals surface area (Å²) in [4.78, 5) is 0. The minimum Gasteiger partial charge on any atom is -0.326 e. The number of nitrogens with zero attached hydrogens (tertiary/aromatic N) is 3. The summed E-state index contributed by atoms with van der Waals surface area (Å²) in [6.07, 6.45) is 2.84. The molecule has 16 heavy (non-hydrogen) atoms. The van der Waals surface area contributed by atoms with Gasteiger partial charge in [0.25, 0.3) is 0 Å². The highest BCUT2D eigenvalue weighted by molar-refractivity contribution is 5.63. The molecule has 2 rings (SSSR count). The Morgan fingerprint density at radius 3 is 2.88 bits per heavy atom. The molecule has 2 aromatic rings. The molecule has 2 N–H and O–H groups in total. The molecule has 0 radical (unpaired) electrons. The van der Waals surface area contributed by atoms with Gasteiger partial charge in [0.1, 0.15) is 0 Å². The summed E-state index contributed by atoms with van der Waals surface area (Å²) in [5.74, 6) is 0. The second kappa shape index (κ2) is 4.90. The van der Waals surface area contributed by atoms with Gasteiger partial charge in [-0.2, -0.15) is 0 Å². The number of hydrogen-bond acceptors (Lipinski definition) is 3. The van der Waals surface area contributed by atoms with Gasteiger partial charge in [-0.05, 0) is 12.0 Å². The van der Waals surface area contributed by atoms with Gasteiger partial charge in [0.05, 0.1) is 11.9 Å². The van der Waals surface area contributed by atoms with E-state index in [1.54, 1.807) is 6.20 Å². The average molecular weight is 216 g/mol. The van der Waals surface area contributed by atoms with Gasteiger partial charge in [0.2, 0.25) is 0 Å². The van der Waals surface area contributed by atoms with E-state index in [1.165, 1.54) is 0 Å². The molecule has 0 atom stereocenters. The summed E-state index contributed by atoms with van der Waals surface area (Å²) in [7, 11) is 0. The molecule has 0 aliphatic heterocycles. The zero-order chi connectivity index (χ0) is 11.4. The van der Waals surface area contributed by atoms with Crippen molar-refractivity contribution in [3.05, 3.63) is 36.0 Å². The summed E-state index contributed by atoms with van der Waals surface area (Å²) < 4.78 is 1.93. The Kier molecular flexibility index (Phi) is 3.31. The number of rotatable bonds is 4. The van der Waals surface area contributed by atoms with Crippen molar-refractivity contribution in [3.8, 4) is 11.3 Å². The molecule has 0 spiro atoms. The minimum absolute atomic E-state index is 0.535. The third-order valence-electron chi connectivity index (χ3n) is 2.57. The molecular formula is C12H16N4. The Balaban J connectivity index is 2.45. The van der Waals surface area contributed by atoms with Crippen molar-refractivity contribution >= 4 is 0 Å². The van der Waals surface area contributed by atoms with Crippen LogP contribution in [0.15, 0.2) is 30.5 Å². The molecule has 0 aliphatic carbocycles. The van der Waals surface area contributed by atoms with Crippen LogP contribution in [0.25, 0.3) is 11.3 Å². The van der Waals surface area contributed by atoms with Gasteiger partial charge in [0.15, 0.2) is 0 Å². The van der Waals surface area contributed by atoms with Gasteiger partial charge in [0, 0.05) is 18.7 Å². The third kappa shape index (κ3) is 1.97. The SMILES string of the molecule is CCCn1nncc1-c1ccccc1CN. The zero-order valence-corrected chi connectivity index (χ0v) is 9.43. The summed E-state index contributed by atoms with van der Waals surface area (Å²) in [6.45, 7) is 3.54. The fourth-order valence-electron chi connectivity index (χ4n) is 1.79. The monoisotopic (exact) mass is 216 g/mol.